The molecule has 2 rings (SSSR count). The molecule has 130 valence electrons. The fourth-order valence-corrected chi connectivity index (χ4v) is 4.02. The van der Waals surface area contributed by atoms with Gasteiger partial charge in [0.2, 0.25) is 0 Å². The normalized spacial score (nSPS) is 10.2. The van der Waals surface area contributed by atoms with Crippen LogP contribution in [0.5, 0.6) is 5.75 Å². The van der Waals surface area contributed by atoms with Crippen LogP contribution in [0, 0.1) is 7.14 Å². The number of hydrogen-bond acceptors (Lipinski definition) is 4. The van der Waals surface area contributed by atoms with Crippen molar-refractivity contribution < 1.29 is 24.2 Å². The van der Waals surface area contributed by atoms with Crippen LogP contribution in [-0.4, -0.2) is 30.3 Å². The number of aromatic carboxylic acids is 1. The fraction of sp³-hybridized carbons (Fsp3) is 0.111. The Hall–Kier alpha value is -1.62. The standard InChI is InChI=1S/C18H14I2O5/c1-2-11-3-5-12(6-4-11)18(23)25-8-7-24-16-14(19)9-13(17(21)22)10-15(16)20/h2-6,9-10H,1,7-8H2,(H,21,22). The van der Waals surface area contributed by atoms with Gasteiger partial charge in [0, 0.05) is 0 Å². The van der Waals surface area contributed by atoms with Crippen LogP contribution in [0.2, 0.25) is 0 Å². The first-order valence-electron chi connectivity index (χ1n) is 7.17. The van der Waals surface area contributed by atoms with Gasteiger partial charge in [0.15, 0.2) is 0 Å². The Morgan fingerprint density at radius 2 is 1.64 bits per heavy atom. The molecule has 2 aromatic carbocycles. The predicted molar refractivity (Wildman–Crippen MR) is 111 cm³/mol. The molecule has 0 aromatic heterocycles. The first-order chi connectivity index (χ1) is 11.9. The molecule has 0 aliphatic heterocycles. The molecule has 0 heterocycles. The molecule has 0 amide bonds. The summed E-state index contributed by atoms with van der Waals surface area (Å²) < 4.78 is 12.2. The molecule has 2 aromatic rings. The van der Waals surface area contributed by atoms with E-state index in [1.54, 1.807) is 30.3 Å². The number of benzene rings is 2. The van der Waals surface area contributed by atoms with Gasteiger partial charge >= 0.3 is 11.9 Å². The molecule has 0 unspecified atom stereocenters. The maximum atomic E-state index is 11.9. The third kappa shape index (κ3) is 5.43. The van der Waals surface area contributed by atoms with E-state index in [0.29, 0.717) is 18.5 Å². The molecular formula is C18H14I2O5. The largest absolute Gasteiger partial charge is 0.488 e. The summed E-state index contributed by atoms with van der Waals surface area (Å²) in [6.45, 7) is 3.93. The second-order valence-corrected chi connectivity index (χ2v) is 7.21. The highest BCUT2D eigenvalue weighted by Gasteiger charge is 2.13. The molecular weight excluding hydrogens is 550 g/mol. The van der Waals surface area contributed by atoms with Gasteiger partial charge in [-0.1, -0.05) is 24.8 Å². The molecule has 0 atom stereocenters. The molecule has 7 heteroatoms. The maximum Gasteiger partial charge on any atom is 0.338 e. The van der Waals surface area contributed by atoms with Crippen molar-refractivity contribution in [1.82, 2.24) is 0 Å². The minimum atomic E-state index is -0.987. The lowest BCUT2D eigenvalue weighted by Gasteiger charge is -2.11. The average Bonchev–Trinajstić information content (AvgIpc) is 2.60. The third-order valence-corrected chi connectivity index (χ3v) is 4.79. The number of carbonyl (C=O) groups is 2. The second kappa shape index (κ2) is 9.18. The lowest BCUT2D eigenvalue weighted by Crippen LogP contribution is -2.13. The van der Waals surface area contributed by atoms with Gasteiger partial charge in [0.1, 0.15) is 19.0 Å². The lowest BCUT2D eigenvalue weighted by atomic mass is 10.1. The van der Waals surface area contributed by atoms with E-state index in [0.717, 1.165) is 5.56 Å². The smallest absolute Gasteiger partial charge is 0.338 e. The van der Waals surface area contributed by atoms with Crippen molar-refractivity contribution in [3.05, 3.63) is 66.8 Å². The Bertz CT molecular complexity index is 777. The molecule has 0 aliphatic rings. The number of ether oxygens (including phenoxy) is 2. The van der Waals surface area contributed by atoms with E-state index in [1.807, 2.05) is 45.2 Å². The Morgan fingerprint density at radius 1 is 1.04 bits per heavy atom. The fourth-order valence-electron chi connectivity index (χ4n) is 1.94. The number of carboxylic acids is 1. The van der Waals surface area contributed by atoms with Crippen molar-refractivity contribution in [3.63, 3.8) is 0 Å². The Labute approximate surface area is 172 Å². The van der Waals surface area contributed by atoms with Gasteiger partial charge in [-0.15, -0.1) is 0 Å². The number of carboxylic acid groups (broad SMARTS) is 1. The van der Waals surface area contributed by atoms with Crippen LogP contribution in [0.15, 0.2) is 43.0 Å². The van der Waals surface area contributed by atoms with Crippen molar-refractivity contribution >= 4 is 63.2 Å². The molecule has 0 fully saturated rings. The predicted octanol–water partition coefficient (Wildman–Crippen LogP) is 4.47. The Kier molecular flexibility index (Phi) is 7.24. The first kappa shape index (κ1) is 19.7. The van der Waals surface area contributed by atoms with E-state index >= 15 is 0 Å². The summed E-state index contributed by atoms with van der Waals surface area (Å²) in [6, 6.07) is 10.00. The minimum absolute atomic E-state index is 0.0921. The molecule has 0 radical (unpaired) electrons. The summed E-state index contributed by atoms with van der Waals surface area (Å²) in [4.78, 5) is 23.0. The first-order valence-corrected chi connectivity index (χ1v) is 9.33. The molecule has 25 heavy (non-hydrogen) atoms. The van der Waals surface area contributed by atoms with Crippen LogP contribution >= 0.6 is 45.2 Å². The van der Waals surface area contributed by atoms with E-state index in [1.165, 1.54) is 12.1 Å². The minimum Gasteiger partial charge on any atom is -0.488 e. The highest BCUT2D eigenvalue weighted by molar-refractivity contribution is 14.1. The summed E-state index contributed by atoms with van der Waals surface area (Å²) in [5.74, 6) is -0.832. The zero-order valence-corrected chi connectivity index (χ0v) is 17.3. The molecule has 0 spiro atoms. The van der Waals surface area contributed by atoms with Crippen molar-refractivity contribution in [2.24, 2.45) is 0 Å². The van der Waals surface area contributed by atoms with Gasteiger partial charge in [-0.25, -0.2) is 9.59 Å². The third-order valence-electron chi connectivity index (χ3n) is 3.19. The second-order valence-electron chi connectivity index (χ2n) is 4.88. The number of rotatable bonds is 7. The van der Waals surface area contributed by atoms with Crippen LogP contribution in [0.25, 0.3) is 6.08 Å². The Morgan fingerprint density at radius 3 is 2.16 bits per heavy atom. The van der Waals surface area contributed by atoms with Crippen LogP contribution in [0.1, 0.15) is 26.3 Å². The monoisotopic (exact) mass is 564 g/mol. The summed E-state index contributed by atoms with van der Waals surface area (Å²) >= 11 is 4.03. The van der Waals surface area contributed by atoms with E-state index < -0.39 is 11.9 Å². The van der Waals surface area contributed by atoms with Gasteiger partial charge in [-0.3, -0.25) is 0 Å². The van der Waals surface area contributed by atoms with Gasteiger partial charge < -0.3 is 14.6 Å². The number of halogens is 2. The number of esters is 1. The van der Waals surface area contributed by atoms with Gasteiger partial charge in [0.25, 0.3) is 0 Å². The van der Waals surface area contributed by atoms with Crippen molar-refractivity contribution in [2.75, 3.05) is 13.2 Å². The quantitative estimate of drug-likeness (QED) is 0.306. The van der Waals surface area contributed by atoms with Crippen molar-refractivity contribution in [3.8, 4) is 5.75 Å². The van der Waals surface area contributed by atoms with E-state index in [9.17, 15) is 9.59 Å². The lowest BCUT2D eigenvalue weighted by molar-refractivity contribution is 0.0449. The average molecular weight is 564 g/mol. The van der Waals surface area contributed by atoms with E-state index in [-0.39, 0.29) is 18.8 Å². The zero-order chi connectivity index (χ0) is 18.4. The Balaban J connectivity index is 1.89. The summed E-state index contributed by atoms with van der Waals surface area (Å²) in [7, 11) is 0. The molecule has 0 aliphatic carbocycles. The van der Waals surface area contributed by atoms with Gasteiger partial charge in [-0.2, -0.15) is 0 Å². The van der Waals surface area contributed by atoms with Crippen molar-refractivity contribution in [1.29, 1.82) is 0 Å². The highest BCUT2D eigenvalue weighted by atomic mass is 127. The van der Waals surface area contributed by atoms with E-state index in [2.05, 4.69) is 6.58 Å². The van der Waals surface area contributed by atoms with Crippen LogP contribution in [0.3, 0.4) is 0 Å². The molecule has 0 saturated carbocycles. The maximum absolute atomic E-state index is 11.9. The summed E-state index contributed by atoms with van der Waals surface area (Å²) in [5, 5.41) is 9.03. The molecule has 5 nitrogen and oxygen atoms in total. The highest BCUT2D eigenvalue weighted by Crippen LogP contribution is 2.29. The van der Waals surface area contributed by atoms with Gasteiger partial charge in [0.05, 0.1) is 18.3 Å². The SMILES string of the molecule is C=Cc1ccc(C(=O)OCCOc2c(I)cc(C(=O)O)cc2I)cc1. The van der Waals surface area contributed by atoms with Crippen LogP contribution in [0.4, 0.5) is 0 Å². The molecule has 0 bridgehead atoms. The molecule has 0 saturated heterocycles. The van der Waals surface area contributed by atoms with Crippen molar-refractivity contribution in [2.45, 2.75) is 0 Å². The number of carbonyl (C=O) groups excluding carboxylic acids is 1. The number of hydrogen-bond donors (Lipinski definition) is 1. The van der Waals surface area contributed by atoms with Gasteiger partial charge in [-0.05, 0) is 75.0 Å². The van der Waals surface area contributed by atoms with Crippen LogP contribution in [-0.2, 0) is 4.74 Å². The zero-order valence-electron chi connectivity index (χ0n) is 13.0. The van der Waals surface area contributed by atoms with E-state index in [4.69, 9.17) is 14.6 Å². The van der Waals surface area contributed by atoms with Crippen LogP contribution < -0.4 is 4.74 Å². The summed E-state index contributed by atoms with van der Waals surface area (Å²) in [6.07, 6.45) is 1.70. The summed E-state index contributed by atoms with van der Waals surface area (Å²) in [5.41, 5.74) is 1.59. The molecule has 1 N–H and O–H groups in total. The topological polar surface area (TPSA) is 72.8 Å².